The van der Waals surface area contributed by atoms with Crippen LogP contribution >= 0.6 is 0 Å². The van der Waals surface area contributed by atoms with Gasteiger partial charge in [-0.05, 0) is 12.8 Å². The summed E-state index contributed by atoms with van der Waals surface area (Å²) in [5.41, 5.74) is 4.89. The molecule has 1 fully saturated rings. The first kappa shape index (κ1) is 12.4. The molecule has 0 aromatic heterocycles. The second-order valence-corrected chi connectivity index (χ2v) is 6.31. The van der Waals surface area contributed by atoms with Crippen LogP contribution in [-0.4, -0.2) is 50.6 Å². The fourth-order valence-corrected chi connectivity index (χ4v) is 1.74. The van der Waals surface area contributed by atoms with Gasteiger partial charge in [-0.25, -0.2) is 12.7 Å². The quantitative estimate of drug-likeness (QED) is 0.605. The molecule has 1 rings (SSSR count). The van der Waals surface area contributed by atoms with Crippen LogP contribution in [0.15, 0.2) is 0 Å². The molecule has 0 aromatic carbocycles. The maximum absolute atomic E-state index is 11.3. The van der Waals surface area contributed by atoms with E-state index in [9.17, 15) is 13.2 Å². The lowest BCUT2D eigenvalue weighted by Crippen LogP contribution is -2.44. The van der Waals surface area contributed by atoms with E-state index >= 15 is 0 Å². The molecule has 0 bridgehead atoms. The molecule has 6 nitrogen and oxygen atoms in total. The SMILES string of the molecule is CN(C)S(=O)(=O)CCNC(=O)C1(N)CC1. The molecular weight excluding hydrogens is 218 g/mol. The monoisotopic (exact) mass is 235 g/mol. The van der Waals surface area contributed by atoms with Gasteiger partial charge in [-0.1, -0.05) is 0 Å². The maximum Gasteiger partial charge on any atom is 0.240 e. The normalized spacial score (nSPS) is 18.9. The van der Waals surface area contributed by atoms with Crippen LogP contribution < -0.4 is 11.1 Å². The van der Waals surface area contributed by atoms with Crippen molar-refractivity contribution in [1.82, 2.24) is 9.62 Å². The summed E-state index contributed by atoms with van der Waals surface area (Å²) in [6, 6.07) is 0. The molecule has 1 aliphatic carbocycles. The first-order valence-corrected chi connectivity index (χ1v) is 6.36. The fourth-order valence-electron chi connectivity index (χ4n) is 1.01. The summed E-state index contributed by atoms with van der Waals surface area (Å²) in [5, 5.41) is 2.53. The van der Waals surface area contributed by atoms with Gasteiger partial charge in [0.2, 0.25) is 15.9 Å². The van der Waals surface area contributed by atoms with Crippen LogP contribution in [0, 0.1) is 0 Å². The Morgan fingerprint density at radius 2 is 2.00 bits per heavy atom. The predicted octanol–water partition coefficient (Wildman–Crippen LogP) is -1.51. The Hall–Kier alpha value is -0.660. The van der Waals surface area contributed by atoms with Gasteiger partial charge in [0, 0.05) is 20.6 Å². The van der Waals surface area contributed by atoms with Crippen LogP contribution in [0.2, 0.25) is 0 Å². The molecule has 1 saturated carbocycles. The largest absolute Gasteiger partial charge is 0.353 e. The second kappa shape index (κ2) is 4.07. The Morgan fingerprint density at radius 3 is 2.40 bits per heavy atom. The van der Waals surface area contributed by atoms with E-state index in [1.165, 1.54) is 14.1 Å². The van der Waals surface area contributed by atoms with E-state index in [-0.39, 0.29) is 18.2 Å². The first-order chi connectivity index (χ1) is 6.78. The Labute approximate surface area is 89.9 Å². The summed E-state index contributed by atoms with van der Waals surface area (Å²) in [7, 11) is -0.320. The van der Waals surface area contributed by atoms with Crippen molar-refractivity contribution in [2.75, 3.05) is 26.4 Å². The summed E-state index contributed by atoms with van der Waals surface area (Å²) in [4.78, 5) is 11.3. The number of amides is 1. The standard InChI is InChI=1S/C8H17N3O3S/c1-11(2)15(13,14)6-5-10-7(12)8(9)3-4-8/h3-6,9H2,1-2H3,(H,10,12). The topological polar surface area (TPSA) is 92.5 Å². The van der Waals surface area contributed by atoms with Crippen LogP contribution in [0.25, 0.3) is 0 Å². The Balaban J connectivity index is 2.31. The molecule has 3 N–H and O–H groups in total. The third kappa shape index (κ3) is 3.15. The van der Waals surface area contributed by atoms with Gasteiger partial charge in [-0.15, -0.1) is 0 Å². The number of hydrogen-bond acceptors (Lipinski definition) is 4. The van der Waals surface area contributed by atoms with E-state index in [0.717, 1.165) is 4.31 Å². The molecule has 0 unspecified atom stereocenters. The van der Waals surface area contributed by atoms with E-state index in [4.69, 9.17) is 5.73 Å². The number of nitrogens with one attached hydrogen (secondary N) is 1. The molecule has 0 atom stereocenters. The lowest BCUT2D eigenvalue weighted by Gasteiger charge is -2.13. The fraction of sp³-hybridized carbons (Fsp3) is 0.875. The Kier molecular flexibility index (Phi) is 3.37. The van der Waals surface area contributed by atoms with Crippen LogP contribution in [0.3, 0.4) is 0 Å². The molecule has 88 valence electrons. The summed E-state index contributed by atoms with van der Waals surface area (Å²) in [6.07, 6.45) is 1.36. The number of hydrogen-bond donors (Lipinski definition) is 2. The van der Waals surface area contributed by atoms with Crippen molar-refractivity contribution in [2.24, 2.45) is 5.73 Å². The maximum atomic E-state index is 11.3. The summed E-state index contributed by atoms with van der Waals surface area (Å²) in [6.45, 7) is 0.109. The van der Waals surface area contributed by atoms with Gasteiger partial charge >= 0.3 is 0 Å². The summed E-state index contributed by atoms with van der Waals surface area (Å²) < 4.78 is 23.8. The average Bonchev–Trinajstić information content (AvgIpc) is 2.84. The molecule has 7 heteroatoms. The zero-order chi connectivity index (χ0) is 11.7. The van der Waals surface area contributed by atoms with Crippen molar-refractivity contribution >= 4 is 15.9 Å². The minimum Gasteiger partial charge on any atom is -0.353 e. The van der Waals surface area contributed by atoms with E-state index in [1.807, 2.05) is 0 Å². The highest BCUT2D eigenvalue weighted by atomic mass is 32.2. The van der Waals surface area contributed by atoms with E-state index < -0.39 is 15.6 Å². The second-order valence-electron chi connectivity index (χ2n) is 4.01. The highest BCUT2D eigenvalue weighted by Crippen LogP contribution is 2.31. The van der Waals surface area contributed by atoms with Gasteiger partial charge in [-0.2, -0.15) is 0 Å². The predicted molar refractivity (Wildman–Crippen MR) is 56.6 cm³/mol. The van der Waals surface area contributed by atoms with Crippen molar-refractivity contribution in [1.29, 1.82) is 0 Å². The van der Waals surface area contributed by atoms with Crippen molar-refractivity contribution in [3.8, 4) is 0 Å². The van der Waals surface area contributed by atoms with Gasteiger partial charge < -0.3 is 11.1 Å². The van der Waals surface area contributed by atoms with Crippen molar-refractivity contribution in [2.45, 2.75) is 18.4 Å². The number of rotatable bonds is 5. The minimum atomic E-state index is -3.24. The van der Waals surface area contributed by atoms with Gasteiger partial charge in [0.05, 0.1) is 11.3 Å². The summed E-state index contributed by atoms with van der Waals surface area (Å²) >= 11 is 0. The molecule has 0 spiro atoms. The Morgan fingerprint density at radius 1 is 1.47 bits per heavy atom. The molecule has 0 heterocycles. The number of nitrogens with zero attached hydrogens (tertiary/aromatic N) is 1. The number of carbonyl (C=O) groups excluding carboxylic acids is 1. The molecule has 1 amide bonds. The van der Waals surface area contributed by atoms with E-state index in [2.05, 4.69) is 5.32 Å². The van der Waals surface area contributed by atoms with Crippen LogP contribution in [0.1, 0.15) is 12.8 Å². The minimum absolute atomic E-state index is 0.0954. The molecule has 1 aliphatic rings. The molecule has 0 radical (unpaired) electrons. The zero-order valence-corrected chi connectivity index (χ0v) is 9.80. The van der Waals surface area contributed by atoms with Gasteiger partial charge in [0.15, 0.2) is 0 Å². The molecule has 0 aromatic rings. The molecule has 0 aliphatic heterocycles. The summed E-state index contributed by atoms with van der Waals surface area (Å²) in [5.74, 6) is -0.349. The Bertz CT molecular complexity index is 346. The third-order valence-corrected chi connectivity index (χ3v) is 4.28. The zero-order valence-electron chi connectivity index (χ0n) is 8.99. The van der Waals surface area contributed by atoms with Crippen LogP contribution in [0.5, 0.6) is 0 Å². The van der Waals surface area contributed by atoms with Gasteiger partial charge in [-0.3, -0.25) is 4.79 Å². The van der Waals surface area contributed by atoms with Crippen LogP contribution in [0.4, 0.5) is 0 Å². The lowest BCUT2D eigenvalue weighted by molar-refractivity contribution is -0.123. The van der Waals surface area contributed by atoms with Gasteiger partial charge in [0.25, 0.3) is 0 Å². The van der Waals surface area contributed by atoms with Crippen molar-refractivity contribution < 1.29 is 13.2 Å². The smallest absolute Gasteiger partial charge is 0.240 e. The van der Waals surface area contributed by atoms with Crippen molar-refractivity contribution in [3.05, 3.63) is 0 Å². The highest BCUT2D eigenvalue weighted by Gasteiger charge is 2.45. The molecule has 15 heavy (non-hydrogen) atoms. The number of nitrogens with two attached hydrogens (primary N) is 1. The molecule has 0 saturated heterocycles. The third-order valence-electron chi connectivity index (χ3n) is 2.44. The first-order valence-electron chi connectivity index (χ1n) is 4.75. The van der Waals surface area contributed by atoms with Gasteiger partial charge in [0.1, 0.15) is 0 Å². The van der Waals surface area contributed by atoms with Crippen molar-refractivity contribution in [3.63, 3.8) is 0 Å². The van der Waals surface area contributed by atoms with E-state index in [0.29, 0.717) is 12.8 Å². The number of sulfonamides is 1. The molecular formula is C8H17N3O3S. The lowest BCUT2D eigenvalue weighted by atomic mass is 10.3. The number of carbonyl (C=O) groups is 1. The van der Waals surface area contributed by atoms with Crippen LogP contribution in [-0.2, 0) is 14.8 Å². The highest BCUT2D eigenvalue weighted by molar-refractivity contribution is 7.89. The average molecular weight is 235 g/mol. The van der Waals surface area contributed by atoms with E-state index in [1.54, 1.807) is 0 Å².